The Morgan fingerprint density at radius 2 is 1.78 bits per heavy atom. The molecule has 1 heterocycles. The molecule has 1 saturated heterocycles. The molecule has 8 nitrogen and oxygen atoms in total. The van der Waals surface area contributed by atoms with Gasteiger partial charge in [-0.15, -0.1) is 0 Å². The molecule has 0 unspecified atom stereocenters. The van der Waals surface area contributed by atoms with Gasteiger partial charge in [0, 0.05) is 16.8 Å². The zero-order valence-electron chi connectivity index (χ0n) is 22.6. The summed E-state index contributed by atoms with van der Waals surface area (Å²) < 4.78 is 30.8. The Morgan fingerprint density at radius 1 is 1.05 bits per heavy atom. The van der Waals surface area contributed by atoms with Gasteiger partial charge in [-0.05, 0) is 85.8 Å². The smallest absolute Gasteiger partial charge is 0.266 e. The number of amides is 2. The van der Waals surface area contributed by atoms with E-state index in [4.69, 9.17) is 19.2 Å². The number of halogens is 2. The van der Waals surface area contributed by atoms with Gasteiger partial charge in [0.25, 0.3) is 11.8 Å². The van der Waals surface area contributed by atoms with Crippen LogP contribution in [0.2, 0.25) is 0 Å². The number of carbonyl (C=O) groups excluding carboxylic acids is 2. The third kappa shape index (κ3) is 8.42. The molecule has 1 aliphatic rings. The lowest BCUT2D eigenvalue weighted by Gasteiger charge is -2.15. The van der Waals surface area contributed by atoms with E-state index in [-0.39, 0.29) is 12.5 Å². The van der Waals surface area contributed by atoms with Crippen LogP contribution in [-0.4, -0.2) is 54.9 Å². The maximum absolute atomic E-state index is 13.4. The van der Waals surface area contributed by atoms with Crippen LogP contribution in [-0.2, 0) is 14.3 Å². The van der Waals surface area contributed by atoms with E-state index in [0.717, 1.165) is 5.69 Å². The Kier molecular flexibility index (Phi) is 10.9. The summed E-state index contributed by atoms with van der Waals surface area (Å²) in [6, 6.07) is 18.3. The van der Waals surface area contributed by atoms with Crippen LogP contribution >= 0.6 is 27.7 Å². The Bertz CT molecular complexity index is 1430. The van der Waals surface area contributed by atoms with Crippen LogP contribution in [0.4, 0.5) is 15.8 Å². The second-order valence-corrected chi connectivity index (χ2v) is 10.5. The number of amidine groups is 1. The molecule has 0 radical (unpaired) electrons. The predicted octanol–water partition coefficient (Wildman–Crippen LogP) is 6.64. The molecule has 4 rings (SSSR count). The van der Waals surface area contributed by atoms with Crippen molar-refractivity contribution in [2.45, 2.75) is 13.8 Å². The highest BCUT2D eigenvalue weighted by molar-refractivity contribution is 9.10. The average Bonchev–Trinajstić information content (AvgIpc) is 3.25. The van der Waals surface area contributed by atoms with Crippen molar-refractivity contribution in [3.63, 3.8) is 0 Å². The molecule has 41 heavy (non-hydrogen) atoms. The highest BCUT2D eigenvalue weighted by atomic mass is 79.9. The van der Waals surface area contributed by atoms with E-state index in [0.29, 0.717) is 63.7 Å². The summed E-state index contributed by atoms with van der Waals surface area (Å²) in [4.78, 5) is 32.6. The molecule has 3 aromatic carbocycles. The predicted molar refractivity (Wildman–Crippen MR) is 163 cm³/mol. The van der Waals surface area contributed by atoms with Gasteiger partial charge in [-0.3, -0.25) is 14.5 Å². The summed E-state index contributed by atoms with van der Waals surface area (Å²) in [5, 5.41) is 3.23. The number of aliphatic imine (C=N–C) groups is 1. The lowest BCUT2D eigenvalue weighted by atomic mass is 10.1. The van der Waals surface area contributed by atoms with Gasteiger partial charge < -0.3 is 19.5 Å². The third-order valence-electron chi connectivity index (χ3n) is 5.67. The van der Waals surface area contributed by atoms with Crippen LogP contribution in [0.15, 0.2) is 81.1 Å². The molecule has 1 fully saturated rings. The summed E-state index contributed by atoms with van der Waals surface area (Å²) in [5.74, 6) is -0.209. The van der Waals surface area contributed by atoms with Crippen molar-refractivity contribution in [3.05, 3.63) is 87.5 Å². The van der Waals surface area contributed by atoms with E-state index in [2.05, 4.69) is 21.2 Å². The first-order valence-corrected chi connectivity index (χ1v) is 14.6. The van der Waals surface area contributed by atoms with Gasteiger partial charge >= 0.3 is 0 Å². The highest BCUT2D eigenvalue weighted by Crippen LogP contribution is 2.39. The lowest BCUT2D eigenvalue weighted by Crippen LogP contribution is -2.32. The summed E-state index contributed by atoms with van der Waals surface area (Å²) in [7, 11) is 0. The van der Waals surface area contributed by atoms with Crippen molar-refractivity contribution in [1.82, 2.24) is 4.90 Å². The van der Waals surface area contributed by atoms with Crippen molar-refractivity contribution in [3.8, 4) is 11.5 Å². The first-order chi connectivity index (χ1) is 19.9. The molecule has 2 amide bonds. The van der Waals surface area contributed by atoms with Crippen molar-refractivity contribution in [2.75, 3.05) is 38.3 Å². The lowest BCUT2D eigenvalue weighted by molar-refractivity contribution is -0.122. The number of benzene rings is 3. The number of carbonyl (C=O) groups is 2. The van der Waals surface area contributed by atoms with Crippen LogP contribution in [0.1, 0.15) is 19.4 Å². The van der Waals surface area contributed by atoms with Crippen LogP contribution in [0.3, 0.4) is 0 Å². The van der Waals surface area contributed by atoms with Gasteiger partial charge in [-0.1, -0.05) is 34.1 Å². The molecule has 214 valence electrons. The number of hydrogen-bond acceptors (Lipinski definition) is 7. The minimum absolute atomic E-state index is 0.174. The number of anilines is 1. The normalized spacial score (nSPS) is 15.0. The van der Waals surface area contributed by atoms with Crippen molar-refractivity contribution in [1.29, 1.82) is 0 Å². The molecule has 0 bridgehead atoms. The van der Waals surface area contributed by atoms with Gasteiger partial charge in [-0.25, -0.2) is 9.38 Å². The molecular formula is C30H29BrFN3O5S. The van der Waals surface area contributed by atoms with Crippen LogP contribution in [0, 0.1) is 5.82 Å². The molecular weight excluding hydrogens is 613 g/mol. The largest absolute Gasteiger partial charge is 0.490 e. The van der Waals surface area contributed by atoms with Crippen molar-refractivity contribution in [2.24, 2.45) is 4.99 Å². The van der Waals surface area contributed by atoms with E-state index in [1.54, 1.807) is 23.1 Å². The number of rotatable bonds is 12. The average molecular weight is 643 g/mol. The molecule has 1 N–H and O–H groups in total. The SMILES string of the molecule is CCOCCN1C(=O)/C(=C/c2cc(OCC)c(OCC(=O)Nc3ccc(F)cc3)cc2Br)SC1=Nc1ccccc1. The standard InChI is InChI=1S/C30H29BrFN3O5S/c1-3-38-15-14-35-29(37)27(41-30(35)34-22-8-6-5-7-9-22)17-20-16-25(39-4-2)26(18-24(20)31)40-19-28(36)33-23-12-10-21(32)11-13-23/h5-13,16-18H,3-4,14-15,19H2,1-2H3,(H,33,36)/b27-17-,34-30?. The molecule has 11 heteroatoms. The van der Waals surface area contributed by atoms with E-state index in [9.17, 15) is 14.0 Å². The Hall–Kier alpha value is -3.67. The molecule has 0 saturated carbocycles. The monoisotopic (exact) mass is 641 g/mol. The third-order valence-corrected chi connectivity index (χ3v) is 7.36. The number of nitrogens with zero attached hydrogens (tertiary/aromatic N) is 2. The van der Waals surface area contributed by atoms with Gasteiger partial charge in [0.2, 0.25) is 0 Å². The first kappa shape index (κ1) is 30.3. The quantitative estimate of drug-likeness (QED) is 0.176. The molecule has 3 aromatic rings. The number of ether oxygens (including phenoxy) is 3. The number of hydrogen-bond donors (Lipinski definition) is 1. The fourth-order valence-electron chi connectivity index (χ4n) is 3.76. The van der Waals surface area contributed by atoms with Crippen molar-refractivity contribution < 1.29 is 28.2 Å². The summed E-state index contributed by atoms with van der Waals surface area (Å²) in [6.07, 6.45) is 1.77. The molecule has 0 aromatic heterocycles. The number of thioether (sulfide) groups is 1. The zero-order valence-corrected chi connectivity index (χ0v) is 25.0. The minimum Gasteiger partial charge on any atom is -0.490 e. The summed E-state index contributed by atoms with van der Waals surface area (Å²) >= 11 is 4.85. The van der Waals surface area contributed by atoms with E-state index < -0.39 is 11.7 Å². The van der Waals surface area contributed by atoms with Crippen LogP contribution < -0.4 is 14.8 Å². The van der Waals surface area contributed by atoms with Crippen LogP contribution in [0.25, 0.3) is 6.08 Å². The summed E-state index contributed by atoms with van der Waals surface area (Å²) in [5.41, 5.74) is 1.89. The van der Waals surface area contributed by atoms with Gasteiger partial charge in [0.05, 0.1) is 30.4 Å². The molecule has 0 aliphatic carbocycles. The number of para-hydroxylation sites is 1. The molecule has 1 aliphatic heterocycles. The topological polar surface area (TPSA) is 89.5 Å². The van der Waals surface area contributed by atoms with E-state index >= 15 is 0 Å². The Morgan fingerprint density at radius 3 is 2.49 bits per heavy atom. The maximum Gasteiger partial charge on any atom is 0.266 e. The second kappa shape index (κ2) is 14.8. The minimum atomic E-state index is -0.410. The van der Waals surface area contributed by atoms with Crippen LogP contribution in [0.5, 0.6) is 11.5 Å². The molecule has 0 atom stereocenters. The van der Waals surface area contributed by atoms with Gasteiger partial charge in [0.1, 0.15) is 5.82 Å². The molecule has 0 spiro atoms. The first-order valence-electron chi connectivity index (χ1n) is 12.9. The Balaban J connectivity index is 1.54. The Labute approximate surface area is 250 Å². The van der Waals surface area contributed by atoms with E-state index in [1.165, 1.54) is 36.0 Å². The van der Waals surface area contributed by atoms with E-state index in [1.807, 2.05) is 44.2 Å². The van der Waals surface area contributed by atoms with Gasteiger partial charge in [0.15, 0.2) is 23.3 Å². The summed E-state index contributed by atoms with van der Waals surface area (Å²) in [6.45, 7) is 5.14. The highest BCUT2D eigenvalue weighted by Gasteiger charge is 2.33. The van der Waals surface area contributed by atoms with Crippen molar-refractivity contribution >= 4 is 62.1 Å². The van der Waals surface area contributed by atoms with Gasteiger partial charge in [-0.2, -0.15) is 0 Å². The number of nitrogens with one attached hydrogen (secondary N) is 1. The second-order valence-electron chi connectivity index (χ2n) is 8.59. The fourth-order valence-corrected chi connectivity index (χ4v) is 5.21. The maximum atomic E-state index is 13.4. The zero-order chi connectivity index (χ0) is 29.2. The fraction of sp³-hybridized carbons (Fsp3) is 0.233.